The third kappa shape index (κ3) is 4.08. The summed E-state index contributed by atoms with van der Waals surface area (Å²) in [5.74, 6) is -1.06. The maximum Gasteiger partial charge on any atom is 0.338 e. The third-order valence-electron chi connectivity index (χ3n) is 2.37. The number of hydrogen-bond donors (Lipinski definition) is 4. The molecule has 0 aliphatic carbocycles. The SMILES string of the molecule is O=C(OCc1ccccc1)C(O)C(O)C(O)CO. The molecule has 0 amide bonds. The Hall–Kier alpha value is -1.47. The molecular weight excluding hydrogens is 240 g/mol. The quantitative estimate of drug-likeness (QED) is 0.476. The number of carbonyl (C=O) groups excluding carboxylic acids is 1. The van der Waals surface area contributed by atoms with E-state index in [2.05, 4.69) is 0 Å². The summed E-state index contributed by atoms with van der Waals surface area (Å²) < 4.78 is 4.76. The molecule has 6 nitrogen and oxygen atoms in total. The van der Waals surface area contributed by atoms with Crippen LogP contribution in [0.3, 0.4) is 0 Å². The minimum atomic E-state index is -1.89. The maximum absolute atomic E-state index is 11.4. The molecule has 18 heavy (non-hydrogen) atoms. The van der Waals surface area contributed by atoms with Gasteiger partial charge in [-0.3, -0.25) is 0 Å². The third-order valence-corrected chi connectivity index (χ3v) is 2.37. The lowest BCUT2D eigenvalue weighted by Gasteiger charge is -2.20. The summed E-state index contributed by atoms with van der Waals surface area (Å²) >= 11 is 0. The summed E-state index contributed by atoms with van der Waals surface area (Å²) in [7, 11) is 0. The predicted octanol–water partition coefficient (Wildman–Crippen LogP) is -1.20. The van der Waals surface area contributed by atoms with Gasteiger partial charge in [0.2, 0.25) is 0 Å². The smallest absolute Gasteiger partial charge is 0.338 e. The van der Waals surface area contributed by atoms with Gasteiger partial charge in [-0.15, -0.1) is 0 Å². The van der Waals surface area contributed by atoms with Crippen molar-refractivity contribution in [1.82, 2.24) is 0 Å². The van der Waals surface area contributed by atoms with Crippen LogP contribution < -0.4 is 0 Å². The van der Waals surface area contributed by atoms with Crippen molar-refractivity contribution >= 4 is 5.97 Å². The van der Waals surface area contributed by atoms with Crippen LogP contribution in [0.5, 0.6) is 0 Å². The summed E-state index contributed by atoms with van der Waals surface area (Å²) in [6.07, 6.45) is -5.27. The Balaban J connectivity index is 2.45. The molecule has 0 saturated heterocycles. The first kappa shape index (κ1) is 14.6. The molecule has 0 aromatic heterocycles. The summed E-state index contributed by atoms with van der Waals surface area (Å²) in [6.45, 7) is -0.803. The van der Waals surface area contributed by atoms with Crippen LogP contribution in [0.2, 0.25) is 0 Å². The van der Waals surface area contributed by atoms with Gasteiger partial charge in [-0.1, -0.05) is 30.3 Å². The first-order valence-corrected chi connectivity index (χ1v) is 5.42. The number of benzene rings is 1. The van der Waals surface area contributed by atoms with E-state index in [0.717, 1.165) is 5.56 Å². The average Bonchev–Trinajstić information content (AvgIpc) is 2.43. The molecule has 1 aromatic rings. The van der Waals surface area contributed by atoms with Crippen molar-refractivity contribution < 1.29 is 30.0 Å². The number of carbonyl (C=O) groups is 1. The van der Waals surface area contributed by atoms with Crippen molar-refractivity contribution in [2.24, 2.45) is 0 Å². The normalized spacial score (nSPS) is 15.8. The lowest BCUT2D eigenvalue weighted by Crippen LogP contribution is -2.44. The Labute approximate surface area is 104 Å². The van der Waals surface area contributed by atoms with Crippen LogP contribution in [0.15, 0.2) is 30.3 Å². The number of aliphatic hydroxyl groups is 4. The summed E-state index contributed by atoms with van der Waals surface area (Å²) in [5.41, 5.74) is 0.732. The van der Waals surface area contributed by atoms with Gasteiger partial charge in [-0.2, -0.15) is 0 Å². The molecule has 0 aliphatic rings. The summed E-state index contributed by atoms with van der Waals surface area (Å²) in [6, 6.07) is 8.81. The van der Waals surface area contributed by atoms with E-state index in [-0.39, 0.29) is 6.61 Å². The van der Waals surface area contributed by atoms with E-state index < -0.39 is 30.9 Å². The maximum atomic E-state index is 11.4. The van der Waals surface area contributed by atoms with E-state index in [1.807, 2.05) is 6.07 Å². The van der Waals surface area contributed by atoms with Crippen molar-refractivity contribution in [3.63, 3.8) is 0 Å². The van der Waals surface area contributed by atoms with Crippen LogP contribution in [0.4, 0.5) is 0 Å². The molecular formula is C12H16O6. The molecule has 0 saturated carbocycles. The van der Waals surface area contributed by atoms with Crippen molar-refractivity contribution in [1.29, 1.82) is 0 Å². The zero-order chi connectivity index (χ0) is 13.5. The minimum absolute atomic E-state index is 0.0430. The number of ether oxygens (including phenoxy) is 1. The van der Waals surface area contributed by atoms with E-state index in [0.29, 0.717) is 0 Å². The molecule has 0 fully saturated rings. The van der Waals surface area contributed by atoms with E-state index in [4.69, 9.17) is 14.9 Å². The zero-order valence-electron chi connectivity index (χ0n) is 9.64. The fourth-order valence-electron chi connectivity index (χ4n) is 1.27. The standard InChI is InChI=1S/C12H16O6/c13-6-9(14)10(15)11(16)12(17)18-7-8-4-2-1-3-5-8/h1-5,9-11,13-16H,6-7H2. The van der Waals surface area contributed by atoms with Crippen molar-refractivity contribution in [3.05, 3.63) is 35.9 Å². The number of rotatable bonds is 6. The highest BCUT2D eigenvalue weighted by Crippen LogP contribution is 2.05. The highest BCUT2D eigenvalue weighted by Gasteiger charge is 2.31. The van der Waals surface area contributed by atoms with E-state index >= 15 is 0 Å². The van der Waals surface area contributed by atoms with Crippen LogP contribution in [0.1, 0.15) is 5.56 Å². The topological polar surface area (TPSA) is 107 Å². The van der Waals surface area contributed by atoms with Gasteiger partial charge in [0, 0.05) is 0 Å². The fraction of sp³-hybridized carbons (Fsp3) is 0.417. The lowest BCUT2D eigenvalue weighted by atomic mass is 10.1. The first-order valence-electron chi connectivity index (χ1n) is 5.42. The number of hydrogen-bond acceptors (Lipinski definition) is 6. The Morgan fingerprint density at radius 1 is 1.17 bits per heavy atom. The molecule has 0 spiro atoms. The fourth-order valence-corrected chi connectivity index (χ4v) is 1.27. The Morgan fingerprint density at radius 3 is 2.33 bits per heavy atom. The molecule has 1 aromatic carbocycles. The van der Waals surface area contributed by atoms with Gasteiger partial charge < -0.3 is 25.2 Å². The molecule has 3 atom stereocenters. The van der Waals surface area contributed by atoms with Gasteiger partial charge in [0.15, 0.2) is 6.10 Å². The van der Waals surface area contributed by atoms with E-state index in [1.165, 1.54) is 0 Å². The summed E-state index contributed by atoms with van der Waals surface area (Å²) in [4.78, 5) is 11.4. The molecule has 3 unspecified atom stereocenters. The van der Waals surface area contributed by atoms with Crippen LogP contribution in [-0.2, 0) is 16.1 Å². The van der Waals surface area contributed by atoms with Crippen LogP contribution in [-0.4, -0.2) is 51.3 Å². The Morgan fingerprint density at radius 2 is 1.78 bits per heavy atom. The average molecular weight is 256 g/mol. The molecule has 0 aliphatic heterocycles. The number of aliphatic hydroxyl groups excluding tert-OH is 4. The molecule has 0 bridgehead atoms. The number of esters is 1. The molecule has 6 heteroatoms. The van der Waals surface area contributed by atoms with Gasteiger partial charge >= 0.3 is 5.97 Å². The Bertz CT molecular complexity index is 366. The van der Waals surface area contributed by atoms with Crippen LogP contribution in [0.25, 0.3) is 0 Å². The second kappa shape index (κ2) is 7.07. The van der Waals surface area contributed by atoms with Crippen molar-refractivity contribution in [3.8, 4) is 0 Å². The van der Waals surface area contributed by atoms with Gasteiger partial charge in [-0.05, 0) is 5.56 Å². The van der Waals surface area contributed by atoms with E-state index in [9.17, 15) is 15.0 Å². The van der Waals surface area contributed by atoms with Crippen molar-refractivity contribution in [2.75, 3.05) is 6.61 Å². The largest absolute Gasteiger partial charge is 0.459 e. The monoisotopic (exact) mass is 256 g/mol. The van der Waals surface area contributed by atoms with Crippen LogP contribution >= 0.6 is 0 Å². The lowest BCUT2D eigenvalue weighted by molar-refractivity contribution is -0.167. The van der Waals surface area contributed by atoms with E-state index in [1.54, 1.807) is 24.3 Å². The van der Waals surface area contributed by atoms with Gasteiger partial charge in [0.05, 0.1) is 6.61 Å². The molecule has 100 valence electrons. The molecule has 0 radical (unpaired) electrons. The predicted molar refractivity (Wildman–Crippen MR) is 61.3 cm³/mol. The van der Waals surface area contributed by atoms with Gasteiger partial charge in [0.1, 0.15) is 18.8 Å². The van der Waals surface area contributed by atoms with Gasteiger partial charge in [0.25, 0.3) is 0 Å². The highest BCUT2D eigenvalue weighted by atomic mass is 16.5. The van der Waals surface area contributed by atoms with Crippen molar-refractivity contribution in [2.45, 2.75) is 24.9 Å². The Kier molecular flexibility index (Phi) is 5.73. The molecule has 0 heterocycles. The van der Waals surface area contributed by atoms with Crippen LogP contribution in [0, 0.1) is 0 Å². The highest BCUT2D eigenvalue weighted by molar-refractivity contribution is 5.75. The second-order valence-electron chi connectivity index (χ2n) is 3.78. The molecule has 1 rings (SSSR count). The van der Waals surface area contributed by atoms with Gasteiger partial charge in [-0.25, -0.2) is 4.79 Å². The summed E-state index contributed by atoms with van der Waals surface area (Å²) in [5, 5.41) is 36.3. The zero-order valence-corrected chi connectivity index (χ0v) is 9.64. The first-order chi connectivity index (χ1) is 8.56. The second-order valence-corrected chi connectivity index (χ2v) is 3.78. The molecule has 4 N–H and O–H groups in total. The minimum Gasteiger partial charge on any atom is -0.459 e.